The number of carbonyl (C=O) groups is 2. The Morgan fingerprint density at radius 1 is 0.708 bits per heavy atom. The molecule has 0 aliphatic heterocycles. The van der Waals surface area contributed by atoms with Crippen LogP contribution in [0, 0.1) is 0 Å². The van der Waals surface area contributed by atoms with Crippen molar-refractivity contribution >= 4 is 11.9 Å². The smallest absolute Gasteiger partial charge is 0.330 e. The fourth-order valence-electron chi connectivity index (χ4n) is 1.30. The highest BCUT2D eigenvalue weighted by Gasteiger charge is 2.12. The van der Waals surface area contributed by atoms with Crippen LogP contribution in [0.3, 0.4) is 0 Å². The van der Waals surface area contributed by atoms with Crippen molar-refractivity contribution in [2.45, 2.75) is 18.3 Å². The number of rotatable bonds is 14. The molecule has 0 radical (unpaired) electrons. The summed E-state index contributed by atoms with van der Waals surface area (Å²) in [7, 11) is 0. The molecule has 0 aliphatic rings. The summed E-state index contributed by atoms with van der Waals surface area (Å²) in [5.41, 5.74) is 0. The van der Waals surface area contributed by atoms with Crippen molar-refractivity contribution in [2.75, 3.05) is 39.6 Å². The summed E-state index contributed by atoms with van der Waals surface area (Å²) < 4.78 is 19.3. The minimum atomic E-state index is -1.02. The van der Waals surface area contributed by atoms with E-state index in [4.69, 9.17) is 9.47 Å². The van der Waals surface area contributed by atoms with E-state index in [2.05, 4.69) is 22.6 Å². The molecule has 0 aromatic heterocycles. The van der Waals surface area contributed by atoms with E-state index in [9.17, 15) is 24.9 Å². The first-order chi connectivity index (χ1) is 11.4. The fourth-order valence-corrected chi connectivity index (χ4v) is 1.30. The van der Waals surface area contributed by atoms with Crippen LogP contribution in [0.5, 0.6) is 0 Å². The molecule has 9 heteroatoms. The molecule has 3 N–H and O–H groups in total. The molecule has 1 unspecified atom stereocenters. The highest BCUT2D eigenvalue weighted by Crippen LogP contribution is 1.95. The molecule has 0 rings (SSSR count). The van der Waals surface area contributed by atoms with Crippen LogP contribution in [0.1, 0.15) is 0 Å². The van der Waals surface area contributed by atoms with E-state index in [1.165, 1.54) is 0 Å². The maximum Gasteiger partial charge on any atom is 0.330 e. The van der Waals surface area contributed by atoms with Gasteiger partial charge in [-0.1, -0.05) is 13.2 Å². The topological polar surface area (TPSA) is 132 Å². The van der Waals surface area contributed by atoms with Gasteiger partial charge in [-0.2, -0.15) is 0 Å². The van der Waals surface area contributed by atoms with Gasteiger partial charge in [0.1, 0.15) is 31.5 Å². The van der Waals surface area contributed by atoms with Gasteiger partial charge in [0.2, 0.25) is 0 Å². The molecule has 0 aliphatic carbocycles. The maximum atomic E-state index is 10.8. The zero-order chi connectivity index (χ0) is 18.4. The third-order valence-electron chi connectivity index (χ3n) is 2.41. The van der Waals surface area contributed by atoms with Crippen LogP contribution in [0.2, 0.25) is 0 Å². The number of hydrogen-bond acceptors (Lipinski definition) is 9. The van der Waals surface area contributed by atoms with Crippen molar-refractivity contribution in [3.05, 3.63) is 25.3 Å². The molecule has 24 heavy (non-hydrogen) atoms. The van der Waals surface area contributed by atoms with Gasteiger partial charge >= 0.3 is 11.9 Å². The van der Waals surface area contributed by atoms with Crippen molar-refractivity contribution < 1.29 is 43.9 Å². The average molecular weight is 348 g/mol. The Morgan fingerprint density at radius 3 is 1.29 bits per heavy atom. The van der Waals surface area contributed by atoms with Crippen LogP contribution in [0.4, 0.5) is 0 Å². The van der Waals surface area contributed by atoms with E-state index in [-0.39, 0.29) is 39.6 Å². The van der Waals surface area contributed by atoms with Crippen molar-refractivity contribution in [2.24, 2.45) is 0 Å². The van der Waals surface area contributed by atoms with Gasteiger partial charge in [0.25, 0.3) is 0 Å². The Kier molecular flexibility index (Phi) is 12.6. The Balaban J connectivity index is 3.63. The molecular weight excluding hydrogens is 324 g/mol. The lowest BCUT2D eigenvalue weighted by Crippen LogP contribution is -2.30. The molecule has 0 spiro atoms. The van der Waals surface area contributed by atoms with Crippen LogP contribution in [0.25, 0.3) is 0 Å². The lowest BCUT2D eigenvalue weighted by molar-refractivity contribution is -0.142. The molecule has 0 heterocycles. The van der Waals surface area contributed by atoms with Crippen molar-refractivity contribution in [1.29, 1.82) is 0 Å². The van der Waals surface area contributed by atoms with Crippen LogP contribution in [-0.4, -0.2) is 85.2 Å². The van der Waals surface area contributed by atoms with Crippen LogP contribution in [-0.2, 0) is 28.5 Å². The number of hydrogen-bond donors (Lipinski definition) is 3. The molecule has 0 fully saturated rings. The molecule has 0 saturated carbocycles. The normalized spacial score (nSPS) is 14.3. The number of ether oxygens (including phenoxy) is 4. The zero-order valence-electron chi connectivity index (χ0n) is 13.3. The second-order valence-electron chi connectivity index (χ2n) is 4.70. The van der Waals surface area contributed by atoms with Crippen molar-refractivity contribution in [1.82, 2.24) is 0 Å². The minimum Gasteiger partial charge on any atom is -0.460 e. The summed E-state index contributed by atoms with van der Waals surface area (Å²) in [4.78, 5) is 21.5. The summed E-state index contributed by atoms with van der Waals surface area (Å²) in [6.45, 7) is 5.42. The predicted octanol–water partition coefficient (Wildman–Crippen LogP) is -1.44. The second-order valence-corrected chi connectivity index (χ2v) is 4.70. The van der Waals surface area contributed by atoms with Gasteiger partial charge in [-0.05, 0) is 0 Å². The lowest BCUT2D eigenvalue weighted by Gasteiger charge is -2.16. The molecule has 0 bridgehead atoms. The quantitative estimate of drug-likeness (QED) is 0.255. The highest BCUT2D eigenvalue weighted by molar-refractivity contribution is 5.81. The largest absolute Gasteiger partial charge is 0.460 e. The Hall–Kier alpha value is -1.78. The van der Waals surface area contributed by atoms with E-state index < -0.39 is 30.3 Å². The minimum absolute atomic E-state index is 0.117. The molecule has 0 aromatic carbocycles. The molecule has 0 amide bonds. The Bertz CT molecular complexity index is 360. The SMILES string of the molecule is C=CC(=O)OC[C@H](O)COCC(O)COC[C@H](O)COC(=O)C=C. The molecule has 0 saturated heterocycles. The Labute approximate surface area is 140 Å². The third-order valence-corrected chi connectivity index (χ3v) is 2.41. The summed E-state index contributed by atoms with van der Waals surface area (Å²) >= 11 is 0. The van der Waals surface area contributed by atoms with Crippen LogP contribution in [0.15, 0.2) is 25.3 Å². The molecule has 138 valence electrons. The first-order valence-electron chi connectivity index (χ1n) is 7.17. The number of carbonyl (C=O) groups excluding carboxylic acids is 2. The van der Waals surface area contributed by atoms with Gasteiger partial charge in [0.05, 0.1) is 26.4 Å². The summed E-state index contributed by atoms with van der Waals surface area (Å²) in [5, 5.41) is 28.5. The summed E-state index contributed by atoms with van der Waals surface area (Å²) in [6.07, 6.45) is -1.08. The van der Waals surface area contributed by atoms with Crippen molar-refractivity contribution in [3.63, 3.8) is 0 Å². The number of esters is 2. The van der Waals surface area contributed by atoms with Gasteiger partial charge in [0, 0.05) is 12.2 Å². The summed E-state index contributed by atoms with van der Waals surface area (Å²) in [5.74, 6) is -1.31. The monoisotopic (exact) mass is 348 g/mol. The van der Waals surface area contributed by atoms with E-state index in [0.29, 0.717) is 0 Å². The molecule has 9 nitrogen and oxygen atoms in total. The molecule has 3 atom stereocenters. The van der Waals surface area contributed by atoms with E-state index in [0.717, 1.165) is 12.2 Å². The van der Waals surface area contributed by atoms with Crippen LogP contribution >= 0.6 is 0 Å². The second kappa shape index (κ2) is 13.6. The number of aliphatic hydroxyl groups is 3. The van der Waals surface area contributed by atoms with Crippen LogP contribution < -0.4 is 0 Å². The van der Waals surface area contributed by atoms with Gasteiger partial charge in [-0.15, -0.1) is 0 Å². The maximum absolute atomic E-state index is 10.8. The number of aliphatic hydroxyl groups excluding tert-OH is 3. The Morgan fingerprint density at radius 2 is 1.00 bits per heavy atom. The van der Waals surface area contributed by atoms with Crippen molar-refractivity contribution in [3.8, 4) is 0 Å². The fraction of sp³-hybridized carbons (Fsp3) is 0.600. The zero-order valence-corrected chi connectivity index (χ0v) is 13.3. The third kappa shape index (κ3) is 12.7. The van der Waals surface area contributed by atoms with E-state index in [1.807, 2.05) is 0 Å². The molecule has 0 aromatic rings. The van der Waals surface area contributed by atoms with Gasteiger partial charge in [-0.25, -0.2) is 9.59 Å². The lowest BCUT2D eigenvalue weighted by atomic mass is 10.3. The summed E-state index contributed by atoms with van der Waals surface area (Å²) in [6, 6.07) is 0. The standard InChI is InChI=1S/C15H24O9/c1-3-14(19)23-9-12(17)7-21-5-11(16)6-22-8-13(18)10-24-15(20)4-2/h3-4,11-13,16-18H,1-2,5-10H2/t11?,12-,13+. The van der Waals surface area contributed by atoms with Gasteiger partial charge in [0.15, 0.2) is 0 Å². The van der Waals surface area contributed by atoms with Gasteiger partial charge < -0.3 is 34.3 Å². The van der Waals surface area contributed by atoms with E-state index >= 15 is 0 Å². The predicted molar refractivity (Wildman–Crippen MR) is 82.0 cm³/mol. The molecular formula is C15H24O9. The first-order valence-corrected chi connectivity index (χ1v) is 7.17. The first kappa shape index (κ1) is 22.2. The highest BCUT2D eigenvalue weighted by atomic mass is 16.6. The van der Waals surface area contributed by atoms with E-state index in [1.54, 1.807) is 0 Å². The average Bonchev–Trinajstić information content (AvgIpc) is 2.57. The van der Waals surface area contributed by atoms with Gasteiger partial charge in [-0.3, -0.25) is 0 Å².